The molecule has 0 saturated carbocycles. The Kier molecular flexibility index (Phi) is 6.94. The van der Waals surface area contributed by atoms with Crippen LogP contribution >= 0.6 is 0 Å². The normalized spacial score (nSPS) is 29.7. The van der Waals surface area contributed by atoms with Gasteiger partial charge in [0.15, 0.2) is 5.78 Å². The van der Waals surface area contributed by atoms with Crippen LogP contribution in [0.1, 0.15) is 39.7 Å². The summed E-state index contributed by atoms with van der Waals surface area (Å²) >= 11 is 0. The molecule has 5 nitrogen and oxygen atoms in total. The van der Waals surface area contributed by atoms with Gasteiger partial charge in [-0.2, -0.15) is 0 Å². The summed E-state index contributed by atoms with van der Waals surface area (Å²) in [4.78, 5) is 25.9. The van der Waals surface area contributed by atoms with E-state index in [-0.39, 0.29) is 41.4 Å². The first kappa shape index (κ1) is 22.4. The van der Waals surface area contributed by atoms with Crippen LogP contribution in [0.2, 0.25) is 0 Å². The fourth-order valence-electron chi connectivity index (χ4n) is 4.78. The second-order valence-corrected chi connectivity index (χ2v) is 8.98. The summed E-state index contributed by atoms with van der Waals surface area (Å²) in [6, 6.07) is 10.1. The van der Waals surface area contributed by atoms with Crippen LogP contribution in [0.5, 0.6) is 0 Å². The summed E-state index contributed by atoms with van der Waals surface area (Å²) in [5.74, 6) is -0.390. The van der Waals surface area contributed by atoms with Gasteiger partial charge < -0.3 is 15.5 Å². The van der Waals surface area contributed by atoms with Crippen molar-refractivity contribution >= 4 is 11.7 Å². The van der Waals surface area contributed by atoms with Crippen LogP contribution in [-0.4, -0.2) is 40.2 Å². The summed E-state index contributed by atoms with van der Waals surface area (Å²) in [6.07, 6.45) is 3.21. The highest BCUT2D eigenvalue weighted by molar-refractivity contribution is 6.11. The summed E-state index contributed by atoms with van der Waals surface area (Å²) in [5, 5.41) is 22.7. The molecule has 0 bridgehead atoms. The van der Waals surface area contributed by atoms with Crippen LogP contribution in [0.25, 0.3) is 0 Å². The SMILES string of the molecule is C[C@H]1[C@@H]2C(=C(/C=C/C[C@H](C)[C@H](O)[C@H](C)O)C(=O)[C@@H]1C)C(=O)N[C@H]2Cc1ccccc1. The van der Waals surface area contributed by atoms with E-state index in [0.29, 0.717) is 17.6 Å². The molecule has 1 aromatic carbocycles. The molecule has 0 aromatic heterocycles. The lowest BCUT2D eigenvalue weighted by Crippen LogP contribution is -2.39. The molecular weight excluding hydrogens is 378 g/mol. The van der Waals surface area contributed by atoms with Gasteiger partial charge in [0.2, 0.25) is 5.91 Å². The number of hydrogen-bond acceptors (Lipinski definition) is 4. The average molecular weight is 412 g/mol. The minimum absolute atomic E-state index is 0.00392. The highest BCUT2D eigenvalue weighted by Crippen LogP contribution is 2.43. The largest absolute Gasteiger partial charge is 0.391 e. The van der Waals surface area contributed by atoms with Gasteiger partial charge in [-0.25, -0.2) is 0 Å². The number of carbonyl (C=O) groups is 2. The molecule has 2 aliphatic rings. The Balaban J connectivity index is 1.87. The van der Waals surface area contributed by atoms with Gasteiger partial charge in [0.1, 0.15) is 0 Å². The number of nitrogens with one attached hydrogen (secondary N) is 1. The molecule has 1 aliphatic heterocycles. The van der Waals surface area contributed by atoms with E-state index in [2.05, 4.69) is 24.4 Å². The number of aliphatic hydroxyl groups is 2. The van der Waals surface area contributed by atoms with Gasteiger partial charge in [-0.3, -0.25) is 9.59 Å². The molecular formula is C25H33NO4. The molecule has 0 unspecified atom stereocenters. The van der Waals surface area contributed by atoms with Crippen LogP contribution in [-0.2, 0) is 16.0 Å². The fourth-order valence-corrected chi connectivity index (χ4v) is 4.78. The van der Waals surface area contributed by atoms with E-state index in [0.717, 1.165) is 6.42 Å². The Hall–Kier alpha value is -2.24. The van der Waals surface area contributed by atoms with Crippen LogP contribution in [0.15, 0.2) is 53.6 Å². The predicted molar refractivity (Wildman–Crippen MR) is 117 cm³/mol. The van der Waals surface area contributed by atoms with Gasteiger partial charge in [-0.1, -0.05) is 63.3 Å². The van der Waals surface area contributed by atoms with Gasteiger partial charge in [-0.05, 0) is 37.2 Å². The van der Waals surface area contributed by atoms with E-state index in [9.17, 15) is 19.8 Å². The Bertz CT molecular complexity index is 842. The summed E-state index contributed by atoms with van der Waals surface area (Å²) in [6.45, 7) is 7.42. The number of allylic oxidation sites excluding steroid dienone is 3. The smallest absolute Gasteiger partial charge is 0.248 e. The Morgan fingerprint density at radius 2 is 1.77 bits per heavy atom. The number of fused-ring (bicyclic) bond motifs is 1. The van der Waals surface area contributed by atoms with E-state index < -0.39 is 12.2 Å². The highest BCUT2D eigenvalue weighted by Gasteiger charge is 2.48. The van der Waals surface area contributed by atoms with Crippen molar-refractivity contribution in [1.82, 2.24) is 5.32 Å². The predicted octanol–water partition coefficient (Wildman–Crippen LogP) is 2.82. The standard InChI is InChI=1S/C25H33NO4/c1-14(23(28)17(4)27)9-8-12-19-22-21(15(2)16(3)24(19)29)20(26-25(22)30)13-18-10-6-5-7-11-18/h5-8,10-12,14-17,20-21,23,27-28H,9,13H2,1-4H3,(H,26,30)/b12-8+/t14-,15+,16+,17-,20-,21-,23-/m0/s1. The summed E-state index contributed by atoms with van der Waals surface area (Å²) < 4.78 is 0. The summed E-state index contributed by atoms with van der Waals surface area (Å²) in [7, 11) is 0. The lowest BCUT2D eigenvalue weighted by Gasteiger charge is -2.34. The molecule has 162 valence electrons. The van der Waals surface area contributed by atoms with Crippen LogP contribution < -0.4 is 5.32 Å². The quantitative estimate of drug-likeness (QED) is 0.644. The molecule has 1 amide bonds. The topological polar surface area (TPSA) is 86.6 Å². The minimum Gasteiger partial charge on any atom is -0.391 e. The van der Waals surface area contributed by atoms with Crippen LogP contribution in [0, 0.1) is 23.7 Å². The lowest BCUT2D eigenvalue weighted by molar-refractivity contribution is -0.122. The molecule has 3 rings (SSSR count). The van der Waals surface area contributed by atoms with E-state index in [1.54, 1.807) is 13.0 Å². The lowest BCUT2D eigenvalue weighted by atomic mass is 9.68. The number of hydrogen-bond donors (Lipinski definition) is 3. The van der Waals surface area contributed by atoms with Crippen molar-refractivity contribution in [2.24, 2.45) is 23.7 Å². The van der Waals surface area contributed by atoms with Gasteiger partial charge >= 0.3 is 0 Å². The van der Waals surface area contributed by atoms with Crippen molar-refractivity contribution in [3.8, 4) is 0 Å². The second kappa shape index (κ2) is 9.27. The monoisotopic (exact) mass is 411 g/mol. The van der Waals surface area contributed by atoms with Crippen molar-refractivity contribution in [3.05, 3.63) is 59.2 Å². The molecule has 30 heavy (non-hydrogen) atoms. The number of Topliss-reactive ketones (excluding diaryl/α,β-unsaturated/α-hetero) is 1. The van der Waals surface area contributed by atoms with E-state index >= 15 is 0 Å². The second-order valence-electron chi connectivity index (χ2n) is 8.98. The highest BCUT2D eigenvalue weighted by atomic mass is 16.3. The number of amides is 1. The minimum atomic E-state index is -0.828. The van der Waals surface area contributed by atoms with E-state index in [4.69, 9.17) is 0 Å². The van der Waals surface area contributed by atoms with Crippen LogP contribution in [0.3, 0.4) is 0 Å². The number of rotatable bonds is 7. The van der Waals surface area contributed by atoms with E-state index in [1.165, 1.54) is 5.56 Å². The molecule has 1 aromatic rings. The maximum absolute atomic E-state index is 13.0. The van der Waals surface area contributed by atoms with Gasteiger partial charge in [0, 0.05) is 29.0 Å². The Morgan fingerprint density at radius 3 is 2.40 bits per heavy atom. The van der Waals surface area contributed by atoms with Crippen LogP contribution in [0.4, 0.5) is 0 Å². The zero-order valence-corrected chi connectivity index (χ0v) is 18.2. The fraction of sp³-hybridized carbons (Fsp3) is 0.520. The van der Waals surface area contributed by atoms with Crippen molar-refractivity contribution < 1.29 is 19.8 Å². The van der Waals surface area contributed by atoms with Crippen molar-refractivity contribution in [3.63, 3.8) is 0 Å². The van der Waals surface area contributed by atoms with Gasteiger partial charge in [-0.15, -0.1) is 0 Å². The molecule has 3 N–H and O–H groups in total. The Morgan fingerprint density at radius 1 is 1.10 bits per heavy atom. The first-order valence-electron chi connectivity index (χ1n) is 10.9. The number of aliphatic hydroxyl groups excluding tert-OH is 2. The number of ketones is 1. The van der Waals surface area contributed by atoms with Crippen molar-refractivity contribution in [2.75, 3.05) is 0 Å². The maximum Gasteiger partial charge on any atom is 0.248 e. The molecule has 0 radical (unpaired) electrons. The number of benzene rings is 1. The average Bonchev–Trinajstić information content (AvgIpc) is 3.04. The molecule has 7 atom stereocenters. The maximum atomic E-state index is 13.0. The van der Waals surface area contributed by atoms with E-state index in [1.807, 2.05) is 38.1 Å². The Labute approximate surface area is 178 Å². The molecule has 5 heteroatoms. The number of carbonyl (C=O) groups excluding carboxylic acids is 2. The first-order valence-corrected chi connectivity index (χ1v) is 10.9. The molecule has 0 spiro atoms. The summed E-state index contributed by atoms with van der Waals surface area (Å²) in [5.41, 5.74) is 2.27. The zero-order valence-electron chi connectivity index (χ0n) is 18.2. The zero-order chi connectivity index (χ0) is 22.0. The first-order chi connectivity index (χ1) is 14.2. The molecule has 1 saturated heterocycles. The van der Waals surface area contributed by atoms with Gasteiger partial charge in [0.05, 0.1) is 12.2 Å². The molecule has 1 fully saturated rings. The molecule has 1 aliphatic carbocycles. The van der Waals surface area contributed by atoms with Gasteiger partial charge in [0.25, 0.3) is 0 Å². The molecule has 1 heterocycles. The third-order valence-electron chi connectivity index (χ3n) is 6.82. The third-order valence-corrected chi connectivity index (χ3v) is 6.82. The van der Waals surface area contributed by atoms with Crippen molar-refractivity contribution in [2.45, 2.75) is 58.8 Å². The third kappa shape index (κ3) is 4.42. The van der Waals surface area contributed by atoms with Crippen molar-refractivity contribution in [1.29, 1.82) is 0 Å².